The molecule has 1 unspecified atom stereocenters. The first kappa shape index (κ1) is 21.4. The Labute approximate surface area is 207 Å². The van der Waals surface area contributed by atoms with Crippen LogP contribution in [0.1, 0.15) is 28.5 Å². The zero-order valence-corrected chi connectivity index (χ0v) is 20.0. The van der Waals surface area contributed by atoms with E-state index in [1.54, 1.807) is 22.5 Å². The third-order valence-corrected chi connectivity index (χ3v) is 7.19. The largest absolute Gasteiger partial charge is 0.313 e. The average Bonchev–Trinajstić information content (AvgIpc) is 3.64. The summed E-state index contributed by atoms with van der Waals surface area (Å²) < 4.78 is 1.95. The van der Waals surface area contributed by atoms with Crippen molar-refractivity contribution in [2.45, 2.75) is 25.9 Å². The summed E-state index contributed by atoms with van der Waals surface area (Å²) in [6.07, 6.45) is 2.43. The van der Waals surface area contributed by atoms with Crippen molar-refractivity contribution in [3.8, 4) is 11.5 Å². The van der Waals surface area contributed by atoms with Crippen LogP contribution in [0.4, 0.5) is 0 Å². The van der Waals surface area contributed by atoms with Gasteiger partial charge in [-0.2, -0.15) is 5.10 Å². The van der Waals surface area contributed by atoms with E-state index in [0.29, 0.717) is 12.2 Å². The molecule has 7 heteroatoms. The number of imidazole rings is 1. The van der Waals surface area contributed by atoms with E-state index < -0.39 is 0 Å². The van der Waals surface area contributed by atoms with E-state index in [0.717, 1.165) is 32.9 Å². The second-order valence-corrected chi connectivity index (χ2v) is 9.57. The van der Waals surface area contributed by atoms with Gasteiger partial charge in [-0.15, -0.1) is 11.3 Å². The highest BCUT2D eigenvalue weighted by atomic mass is 32.1. The molecule has 0 saturated carbocycles. The van der Waals surface area contributed by atoms with E-state index in [9.17, 15) is 4.79 Å². The standard InChI is InChI=1S/C28H23N5OS/c1-19-11-13-20(14-12-19)25-17-23(26-10-6-16-35-26)31-33(25)27(34)18-32-24-9-3-2-7-21(24)30-28(32)22-8-4-5-15-29-22/h2-16,25H,17-18H2,1H3. The molecule has 0 N–H and O–H groups in total. The first-order valence-corrected chi connectivity index (χ1v) is 12.4. The van der Waals surface area contributed by atoms with Gasteiger partial charge in [0.25, 0.3) is 5.91 Å². The Morgan fingerprint density at radius 1 is 1.00 bits per heavy atom. The van der Waals surface area contributed by atoms with Gasteiger partial charge in [0.15, 0.2) is 5.82 Å². The van der Waals surface area contributed by atoms with Crippen LogP contribution >= 0.6 is 11.3 Å². The van der Waals surface area contributed by atoms with E-state index in [1.807, 2.05) is 58.5 Å². The molecule has 0 radical (unpaired) electrons. The fourth-order valence-electron chi connectivity index (χ4n) is 4.51. The molecule has 0 saturated heterocycles. The lowest BCUT2D eigenvalue weighted by atomic mass is 10.00. The topological polar surface area (TPSA) is 63.4 Å². The Morgan fingerprint density at radius 3 is 2.60 bits per heavy atom. The maximum atomic E-state index is 13.9. The second-order valence-electron chi connectivity index (χ2n) is 8.62. The predicted octanol–water partition coefficient (Wildman–Crippen LogP) is 5.85. The molecule has 4 heterocycles. The maximum Gasteiger partial charge on any atom is 0.263 e. The number of benzene rings is 2. The number of hydrazone groups is 1. The number of para-hydroxylation sites is 2. The van der Waals surface area contributed by atoms with Gasteiger partial charge in [-0.3, -0.25) is 9.78 Å². The SMILES string of the molecule is Cc1ccc(C2CC(c3cccs3)=NN2C(=O)Cn2c(-c3ccccn3)nc3ccccc32)cc1. The molecule has 1 amide bonds. The Morgan fingerprint density at radius 2 is 1.83 bits per heavy atom. The van der Waals surface area contributed by atoms with Crippen LogP contribution in [-0.4, -0.2) is 31.2 Å². The third-order valence-electron chi connectivity index (χ3n) is 6.28. The molecule has 6 rings (SSSR count). The number of rotatable bonds is 5. The number of hydrogen-bond donors (Lipinski definition) is 0. The number of pyridine rings is 1. The van der Waals surface area contributed by atoms with Gasteiger partial charge in [-0.1, -0.05) is 54.1 Å². The summed E-state index contributed by atoms with van der Waals surface area (Å²) in [5, 5.41) is 8.54. The van der Waals surface area contributed by atoms with Gasteiger partial charge in [0.05, 0.1) is 27.7 Å². The van der Waals surface area contributed by atoms with Crippen molar-refractivity contribution < 1.29 is 4.79 Å². The van der Waals surface area contributed by atoms with Crippen LogP contribution in [0, 0.1) is 6.92 Å². The molecule has 1 atom stereocenters. The molecule has 172 valence electrons. The van der Waals surface area contributed by atoms with Crippen molar-refractivity contribution in [2.24, 2.45) is 5.10 Å². The summed E-state index contributed by atoms with van der Waals surface area (Å²) in [5.74, 6) is 0.594. The van der Waals surface area contributed by atoms with Crippen LogP contribution in [0.15, 0.2) is 95.5 Å². The molecular formula is C28H23N5OS. The summed E-state index contributed by atoms with van der Waals surface area (Å²) in [6, 6.07) is 25.9. The number of aryl methyl sites for hydroxylation is 1. The lowest BCUT2D eigenvalue weighted by Gasteiger charge is -2.23. The quantitative estimate of drug-likeness (QED) is 0.319. The number of amides is 1. The van der Waals surface area contributed by atoms with Crippen LogP contribution in [0.25, 0.3) is 22.6 Å². The fraction of sp³-hybridized carbons (Fsp3) is 0.143. The molecule has 35 heavy (non-hydrogen) atoms. The number of hydrogen-bond acceptors (Lipinski definition) is 5. The van der Waals surface area contributed by atoms with Gasteiger partial charge < -0.3 is 4.57 Å². The molecule has 5 aromatic rings. The summed E-state index contributed by atoms with van der Waals surface area (Å²) in [5.41, 5.74) is 5.68. The highest BCUT2D eigenvalue weighted by molar-refractivity contribution is 7.12. The number of carbonyl (C=O) groups excluding carboxylic acids is 1. The minimum absolute atomic E-state index is 0.0811. The summed E-state index contributed by atoms with van der Waals surface area (Å²) in [4.78, 5) is 24.2. The van der Waals surface area contributed by atoms with Crippen molar-refractivity contribution in [1.29, 1.82) is 0 Å². The first-order valence-electron chi connectivity index (χ1n) is 11.5. The van der Waals surface area contributed by atoms with E-state index in [-0.39, 0.29) is 18.5 Å². The number of aromatic nitrogens is 3. The molecule has 0 aliphatic carbocycles. The third kappa shape index (κ3) is 4.04. The highest BCUT2D eigenvalue weighted by Crippen LogP contribution is 2.34. The van der Waals surface area contributed by atoms with Gasteiger partial charge in [0, 0.05) is 12.6 Å². The second kappa shape index (κ2) is 8.92. The Kier molecular flexibility index (Phi) is 5.47. The Balaban J connectivity index is 1.40. The van der Waals surface area contributed by atoms with Crippen LogP contribution in [0.2, 0.25) is 0 Å². The van der Waals surface area contributed by atoms with Gasteiger partial charge in [-0.25, -0.2) is 9.99 Å². The molecule has 6 nitrogen and oxygen atoms in total. The molecule has 0 spiro atoms. The monoisotopic (exact) mass is 477 g/mol. The van der Waals surface area contributed by atoms with E-state index >= 15 is 0 Å². The highest BCUT2D eigenvalue weighted by Gasteiger charge is 2.34. The predicted molar refractivity (Wildman–Crippen MR) is 139 cm³/mol. The Bertz CT molecular complexity index is 1520. The Hall–Kier alpha value is -4.10. The van der Waals surface area contributed by atoms with Gasteiger partial charge in [0.2, 0.25) is 0 Å². The molecular weight excluding hydrogens is 454 g/mol. The van der Waals surface area contributed by atoms with Crippen molar-refractivity contribution in [1.82, 2.24) is 19.5 Å². The van der Waals surface area contributed by atoms with Crippen molar-refractivity contribution in [3.63, 3.8) is 0 Å². The van der Waals surface area contributed by atoms with Gasteiger partial charge in [0.1, 0.15) is 12.2 Å². The maximum absolute atomic E-state index is 13.9. The van der Waals surface area contributed by atoms with Crippen LogP contribution in [0.5, 0.6) is 0 Å². The van der Waals surface area contributed by atoms with Crippen LogP contribution < -0.4 is 0 Å². The fourth-order valence-corrected chi connectivity index (χ4v) is 5.23. The van der Waals surface area contributed by atoms with Gasteiger partial charge in [-0.05, 0) is 48.2 Å². The molecule has 0 fully saturated rings. The lowest BCUT2D eigenvalue weighted by molar-refractivity contribution is -0.133. The minimum atomic E-state index is -0.145. The van der Waals surface area contributed by atoms with Crippen LogP contribution in [-0.2, 0) is 11.3 Å². The molecule has 1 aliphatic rings. The number of carbonyl (C=O) groups is 1. The minimum Gasteiger partial charge on any atom is -0.313 e. The first-order chi connectivity index (χ1) is 17.2. The van der Waals surface area contributed by atoms with Crippen LogP contribution in [0.3, 0.4) is 0 Å². The summed E-state index contributed by atoms with van der Waals surface area (Å²) in [6.45, 7) is 2.19. The number of fused-ring (bicyclic) bond motifs is 1. The molecule has 3 aromatic heterocycles. The van der Waals surface area contributed by atoms with E-state index in [4.69, 9.17) is 10.1 Å². The zero-order valence-electron chi connectivity index (χ0n) is 19.2. The van der Waals surface area contributed by atoms with Crippen molar-refractivity contribution in [3.05, 3.63) is 106 Å². The van der Waals surface area contributed by atoms with E-state index in [2.05, 4.69) is 42.2 Å². The number of nitrogens with zero attached hydrogens (tertiary/aromatic N) is 5. The summed E-state index contributed by atoms with van der Waals surface area (Å²) in [7, 11) is 0. The molecule has 1 aliphatic heterocycles. The van der Waals surface area contributed by atoms with E-state index in [1.165, 1.54) is 5.56 Å². The summed E-state index contributed by atoms with van der Waals surface area (Å²) >= 11 is 1.65. The van der Waals surface area contributed by atoms with Gasteiger partial charge >= 0.3 is 0 Å². The average molecular weight is 478 g/mol. The lowest BCUT2D eigenvalue weighted by Crippen LogP contribution is -2.30. The van der Waals surface area contributed by atoms with Crippen molar-refractivity contribution in [2.75, 3.05) is 0 Å². The van der Waals surface area contributed by atoms with Crippen molar-refractivity contribution >= 4 is 34.0 Å². The zero-order chi connectivity index (χ0) is 23.8. The molecule has 0 bridgehead atoms. The number of thiophene rings is 1. The normalized spacial score (nSPS) is 15.5. The molecule has 2 aromatic carbocycles. The smallest absolute Gasteiger partial charge is 0.263 e.